The minimum Gasteiger partial charge on any atom is -0.290 e. The number of pyridine rings is 1. The van der Waals surface area contributed by atoms with Gasteiger partial charge in [0.2, 0.25) is 0 Å². The topological polar surface area (TPSA) is 16.1 Å². The highest BCUT2D eigenvalue weighted by molar-refractivity contribution is 5.26. The van der Waals surface area contributed by atoms with E-state index < -0.39 is 0 Å². The number of nitrogens with zero attached hydrogens (tertiary/aromatic N) is 2. The van der Waals surface area contributed by atoms with E-state index in [0.29, 0.717) is 18.0 Å². The molecule has 2 nitrogen and oxygen atoms in total. The molecule has 0 spiro atoms. The molecule has 0 radical (unpaired) electrons. The SMILES string of the molecule is CCN1C2C=CC(C2)C1c1cccnc1. The van der Waals surface area contributed by atoms with Crippen LogP contribution in [0.2, 0.25) is 0 Å². The van der Waals surface area contributed by atoms with Crippen molar-refractivity contribution in [3.8, 4) is 0 Å². The number of hydrogen-bond donors (Lipinski definition) is 0. The number of hydrogen-bond acceptors (Lipinski definition) is 2. The summed E-state index contributed by atoms with van der Waals surface area (Å²) in [6, 6.07) is 5.48. The van der Waals surface area contributed by atoms with E-state index in [1.54, 1.807) is 0 Å². The zero-order valence-electron chi connectivity index (χ0n) is 9.00. The molecule has 1 aromatic heterocycles. The van der Waals surface area contributed by atoms with Crippen molar-refractivity contribution in [3.05, 3.63) is 42.2 Å². The van der Waals surface area contributed by atoms with Crippen molar-refractivity contribution in [1.82, 2.24) is 9.88 Å². The third-order valence-corrected chi connectivity index (χ3v) is 3.67. The predicted molar refractivity (Wildman–Crippen MR) is 60.4 cm³/mol. The Labute approximate surface area is 90.6 Å². The van der Waals surface area contributed by atoms with Crippen LogP contribution in [0.3, 0.4) is 0 Å². The Bertz CT molecular complexity index is 371. The molecule has 3 unspecified atom stereocenters. The van der Waals surface area contributed by atoms with E-state index in [1.807, 2.05) is 18.5 Å². The molecule has 3 atom stereocenters. The van der Waals surface area contributed by atoms with Crippen LogP contribution in [0.15, 0.2) is 36.7 Å². The quantitative estimate of drug-likeness (QED) is 0.681. The first kappa shape index (κ1) is 9.10. The highest BCUT2D eigenvalue weighted by Gasteiger charge is 2.42. The summed E-state index contributed by atoms with van der Waals surface area (Å²) in [5.41, 5.74) is 1.37. The Hall–Kier alpha value is -1.15. The van der Waals surface area contributed by atoms with Gasteiger partial charge in [-0.25, -0.2) is 0 Å². The van der Waals surface area contributed by atoms with Gasteiger partial charge in [0.1, 0.15) is 0 Å². The van der Waals surface area contributed by atoms with Gasteiger partial charge >= 0.3 is 0 Å². The maximum absolute atomic E-state index is 4.23. The largest absolute Gasteiger partial charge is 0.290 e. The minimum atomic E-state index is 0.568. The molecule has 1 saturated heterocycles. The second-order valence-corrected chi connectivity index (χ2v) is 4.41. The zero-order valence-corrected chi connectivity index (χ0v) is 9.00. The molecule has 0 N–H and O–H groups in total. The second kappa shape index (κ2) is 3.46. The van der Waals surface area contributed by atoms with E-state index in [9.17, 15) is 0 Å². The van der Waals surface area contributed by atoms with Crippen molar-refractivity contribution in [2.75, 3.05) is 6.54 Å². The van der Waals surface area contributed by atoms with E-state index in [-0.39, 0.29) is 0 Å². The summed E-state index contributed by atoms with van der Waals surface area (Å²) in [7, 11) is 0. The lowest BCUT2D eigenvalue weighted by Gasteiger charge is -2.31. The highest BCUT2D eigenvalue weighted by Crippen LogP contribution is 2.45. The number of aromatic nitrogens is 1. The van der Waals surface area contributed by atoms with Gasteiger partial charge < -0.3 is 0 Å². The molecule has 1 aliphatic carbocycles. The number of likely N-dealkylation sites (N-methyl/N-ethyl adjacent to an activating group) is 1. The Morgan fingerprint density at radius 1 is 1.47 bits per heavy atom. The summed E-state index contributed by atoms with van der Waals surface area (Å²) in [6.45, 7) is 3.38. The Morgan fingerprint density at radius 3 is 3.13 bits per heavy atom. The molecule has 1 aliphatic heterocycles. The number of likely N-dealkylation sites (tertiary alicyclic amines) is 1. The Kier molecular flexibility index (Phi) is 2.10. The standard InChI is InChI=1S/C13H16N2/c1-2-15-12-6-5-10(8-12)13(15)11-4-3-7-14-9-11/h3-7,9-10,12-13H,2,8H2,1H3. The predicted octanol–water partition coefficient (Wildman–Crippen LogP) is 2.40. The molecule has 2 aliphatic rings. The van der Waals surface area contributed by atoms with E-state index in [4.69, 9.17) is 0 Å². The molecule has 1 fully saturated rings. The Morgan fingerprint density at radius 2 is 2.40 bits per heavy atom. The lowest BCUT2D eigenvalue weighted by atomic mass is 9.96. The van der Waals surface area contributed by atoms with Gasteiger partial charge in [-0.05, 0) is 30.5 Å². The fourth-order valence-corrected chi connectivity index (χ4v) is 3.06. The lowest BCUT2D eigenvalue weighted by Crippen LogP contribution is -2.32. The number of fused-ring (bicyclic) bond motifs is 2. The average molecular weight is 200 g/mol. The van der Waals surface area contributed by atoms with Crippen molar-refractivity contribution < 1.29 is 0 Å². The van der Waals surface area contributed by atoms with Gasteiger partial charge in [0, 0.05) is 24.5 Å². The normalized spacial score (nSPS) is 33.8. The number of rotatable bonds is 2. The van der Waals surface area contributed by atoms with Crippen molar-refractivity contribution in [2.24, 2.45) is 5.92 Å². The van der Waals surface area contributed by atoms with Crippen LogP contribution in [0.5, 0.6) is 0 Å². The van der Waals surface area contributed by atoms with E-state index >= 15 is 0 Å². The van der Waals surface area contributed by atoms with E-state index in [2.05, 4.69) is 35.0 Å². The molecule has 1 aromatic rings. The molecular weight excluding hydrogens is 184 g/mol. The zero-order chi connectivity index (χ0) is 10.3. The first-order valence-corrected chi connectivity index (χ1v) is 5.74. The van der Waals surface area contributed by atoms with Crippen LogP contribution in [-0.4, -0.2) is 22.5 Å². The molecule has 78 valence electrons. The van der Waals surface area contributed by atoms with Gasteiger partial charge in [-0.1, -0.05) is 25.1 Å². The van der Waals surface area contributed by atoms with Crippen molar-refractivity contribution >= 4 is 0 Å². The van der Waals surface area contributed by atoms with Crippen LogP contribution in [0.4, 0.5) is 0 Å². The van der Waals surface area contributed by atoms with Gasteiger partial charge in [-0.15, -0.1) is 0 Å². The van der Waals surface area contributed by atoms with Crippen LogP contribution >= 0.6 is 0 Å². The van der Waals surface area contributed by atoms with Gasteiger partial charge in [0.25, 0.3) is 0 Å². The third-order valence-electron chi connectivity index (χ3n) is 3.67. The minimum absolute atomic E-state index is 0.568. The molecule has 0 saturated carbocycles. The van der Waals surface area contributed by atoms with Crippen molar-refractivity contribution in [3.63, 3.8) is 0 Å². The third kappa shape index (κ3) is 1.32. The van der Waals surface area contributed by atoms with Gasteiger partial charge in [0.05, 0.1) is 0 Å². The van der Waals surface area contributed by atoms with Crippen molar-refractivity contribution in [1.29, 1.82) is 0 Å². The van der Waals surface area contributed by atoms with Gasteiger partial charge in [0.15, 0.2) is 0 Å². The lowest BCUT2D eigenvalue weighted by molar-refractivity contribution is 0.212. The first-order valence-electron chi connectivity index (χ1n) is 5.74. The van der Waals surface area contributed by atoms with Gasteiger partial charge in [-0.2, -0.15) is 0 Å². The molecule has 0 aromatic carbocycles. The van der Waals surface area contributed by atoms with Crippen LogP contribution in [0, 0.1) is 5.92 Å². The molecule has 0 amide bonds. The fourth-order valence-electron chi connectivity index (χ4n) is 3.06. The van der Waals surface area contributed by atoms with Crippen LogP contribution in [0.25, 0.3) is 0 Å². The first-order chi connectivity index (χ1) is 7.40. The van der Waals surface area contributed by atoms with Crippen LogP contribution < -0.4 is 0 Å². The van der Waals surface area contributed by atoms with Crippen molar-refractivity contribution in [2.45, 2.75) is 25.4 Å². The summed E-state index contributed by atoms with van der Waals surface area (Å²) >= 11 is 0. The van der Waals surface area contributed by atoms with Crippen LogP contribution in [0.1, 0.15) is 24.9 Å². The maximum atomic E-state index is 4.23. The smallest absolute Gasteiger partial charge is 0.0432 e. The molecule has 3 rings (SSSR count). The molecule has 15 heavy (non-hydrogen) atoms. The second-order valence-electron chi connectivity index (χ2n) is 4.41. The fraction of sp³-hybridized carbons (Fsp3) is 0.462. The average Bonchev–Trinajstić information content (AvgIpc) is 2.89. The molecule has 2 bridgehead atoms. The van der Waals surface area contributed by atoms with Gasteiger partial charge in [-0.3, -0.25) is 9.88 Å². The highest BCUT2D eigenvalue weighted by atomic mass is 15.2. The van der Waals surface area contributed by atoms with E-state index in [1.165, 1.54) is 12.0 Å². The molecular formula is C13H16N2. The molecule has 2 heteroatoms. The van der Waals surface area contributed by atoms with Crippen LogP contribution in [-0.2, 0) is 0 Å². The summed E-state index contributed by atoms with van der Waals surface area (Å²) in [4.78, 5) is 6.82. The maximum Gasteiger partial charge on any atom is 0.0432 e. The van der Waals surface area contributed by atoms with E-state index in [0.717, 1.165) is 6.54 Å². The summed E-state index contributed by atoms with van der Waals surface area (Å²) < 4.78 is 0. The Balaban J connectivity index is 1.96. The molecule has 2 heterocycles. The summed E-state index contributed by atoms with van der Waals surface area (Å²) in [6.07, 6.45) is 9.91. The monoisotopic (exact) mass is 200 g/mol. The summed E-state index contributed by atoms with van der Waals surface area (Å²) in [5, 5.41) is 0. The summed E-state index contributed by atoms with van der Waals surface area (Å²) in [5.74, 6) is 0.708.